The Kier molecular flexibility index (Phi) is 5.83. The van der Waals surface area contributed by atoms with Gasteiger partial charge in [-0.25, -0.2) is 8.78 Å². The van der Waals surface area contributed by atoms with Crippen LogP contribution in [0.1, 0.15) is 11.1 Å². The van der Waals surface area contributed by atoms with Gasteiger partial charge in [0.1, 0.15) is 11.6 Å². The molecule has 0 fully saturated rings. The fourth-order valence-corrected chi connectivity index (χ4v) is 2.31. The molecule has 2 rings (SSSR count). The van der Waals surface area contributed by atoms with Crippen LogP contribution in [0, 0.1) is 31.9 Å². The average Bonchev–Trinajstić information content (AvgIpc) is 2.53. The van der Waals surface area contributed by atoms with E-state index < -0.39 is 56.1 Å². The van der Waals surface area contributed by atoms with Gasteiger partial charge in [-0.3, -0.25) is 20.2 Å². The highest BCUT2D eigenvalue weighted by molar-refractivity contribution is 6.31. The van der Waals surface area contributed by atoms with Gasteiger partial charge >= 0.3 is 0 Å². The predicted octanol–water partition coefficient (Wildman–Crippen LogP) is 4.80. The van der Waals surface area contributed by atoms with Gasteiger partial charge in [-0.1, -0.05) is 23.2 Å². The van der Waals surface area contributed by atoms with E-state index in [0.29, 0.717) is 0 Å². The molecule has 0 aliphatic rings. The van der Waals surface area contributed by atoms with E-state index in [9.17, 15) is 29.0 Å². The molecule has 0 radical (unpaired) electrons. The molecule has 2 aromatic rings. The molecule has 2 aromatic carbocycles. The molecule has 0 aliphatic carbocycles. The third kappa shape index (κ3) is 4.38. The summed E-state index contributed by atoms with van der Waals surface area (Å²) in [5.74, 6) is -1.76. The Morgan fingerprint density at radius 3 is 1.52 bits per heavy atom. The molecular weight excluding hydrogens is 385 g/mol. The van der Waals surface area contributed by atoms with Crippen molar-refractivity contribution < 1.29 is 23.4 Å². The largest absolute Gasteiger partial charge is 0.372 e. The van der Waals surface area contributed by atoms with Gasteiger partial charge in [0.25, 0.3) is 11.4 Å². The third-order valence-corrected chi connectivity index (χ3v) is 3.73. The number of hydrogen-bond donors (Lipinski definition) is 0. The Morgan fingerprint density at radius 2 is 1.20 bits per heavy atom. The molecule has 0 saturated heterocycles. The van der Waals surface area contributed by atoms with Crippen LogP contribution in [0.15, 0.2) is 24.3 Å². The Balaban J connectivity index is 2.22. The van der Waals surface area contributed by atoms with Gasteiger partial charge in [0, 0.05) is 12.1 Å². The maximum Gasteiger partial charge on any atom is 0.276 e. The molecule has 0 bridgehead atoms. The summed E-state index contributed by atoms with van der Waals surface area (Å²) in [6.07, 6.45) is 0. The van der Waals surface area contributed by atoms with Crippen LogP contribution in [0.2, 0.25) is 10.0 Å². The molecule has 0 saturated carbocycles. The van der Waals surface area contributed by atoms with Crippen LogP contribution >= 0.6 is 23.2 Å². The van der Waals surface area contributed by atoms with Gasteiger partial charge in [-0.2, -0.15) is 0 Å². The van der Waals surface area contributed by atoms with Crippen molar-refractivity contribution in [3.8, 4) is 0 Å². The lowest BCUT2D eigenvalue weighted by Crippen LogP contribution is -2.03. The molecule has 0 atom stereocenters. The fourth-order valence-electron chi connectivity index (χ4n) is 2.00. The molecular formula is C14H8Cl2F2N2O5. The smallest absolute Gasteiger partial charge is 0.276 e. The molecule has 132 valence electrons. The lowest BCUT2D eigenvalue weighted by Gasteiger charge is -2.08. The van der Waals surface area contributed by atoms with Gasteiger partial charge in [-0.15, -0.1) is 0 Å². The summed E-state index contributed by atoms with van der Waals surface area (Å²) >= 11 is 11.0. The van der Waals surface area contributed by atoms with Crippen molar-refractivity contribution in [2.24, 2.45) is 0 Å². The van der Waals surface area contributed by atoms with Gasteiger partial charge in [0.15, 0.2) is 0 Å². The third-order valence-electron chi connectivity index (χ3n) is 3.15. The molecule has 0 spiro atoms. The van der Waals surface area contributed by atoms with Crippen LogP contribution in [0.4, 0.5) is 20.2 Å². The molecule has 0 amide bonds. The number of halogens is 4. The second-order valence-corrected chi connectivity index (χ2v) is 5.61. The number of nitrogens with zero attached hydrogens (tertiary/aromatic N) is 2. The van der Waals surface area contributed by atoms with Gasteiger partial charge in [0.05, 0.1) is 44.2 Å². The zero-order valence-electron chi connectivity index (χ0n) is 12.2. The Labute approximate surface area is 149 Å². The molecule has 0 aromatic heterocycles. The summed E-state index contributed by atoms with van der Waals surface area (Å²) < 4.78 is 32.1. The zero-order chi connectivity index (χ0) is 18.7. The average molecular weight is 393 g/mol. The minimum absolute atomic E-state index is 0.121. The number of nitro benzene ring substituents is 2. The summed E-state index contributed by atoms with van der Waals surface area (Å²) in [6, 6.07) is 3.33. The van der Waals surface area contributed by atoms with Crippen molar-refractivity contribution in [2.45, 2.75) is 13.2 Å². The lowest BCUT2D eigenvalue weighted by molar-refractivity contribution is -0.386. The maximum absolute atomic E-state index is 13.5. The number of hydrogen-bond acceptors (Lipinski definition) is 5. The van der Waals surface area contributed by atoms with Gasteiger partial charge < -0.3 is 4.74 Å². The first-order valence-electron chi connectivity index (χ1n) is 6.53. The van der Waals surface area contributed by atoms with Crippen molar-refractivity contribution in [3.63, 3.8) is 0 Å². The van der Waals surface area contributed by atoms with E-state index in [4.69, 9.17) is 27.9 Å². The summed E-state index contributed by atoms with van der Waals surface area (Å²) in [7, 11) is 0. The molecule has 0 heterocycles. The molecule has 7 nitrogen and oxygen atoms in total. The molecule has 0 aliphatic heterocycles. The highest BCUT2D eigenvalue weighted by atomic mass is 35.5. The highest BCUT2D eigenvalue weighted by Crippen LogP contribution is 2.29. The quantitative estimate of drug-likeness (QED) is 0.519. The topological polar surface area (TPSA) is 95.5 Å². The maximum atomic E-state index is 13.5. The number of benzene rings is 2. The SMILES string of the molecule is O=[N+]([O-])c1cc(Cl)c(F)cc1COCc1cc(F)c(Cl)cc1[N+](=O)[O-]. The number of rotatable bonds is 6. The molecule has 0 N–H and O–H groups in total. The van der Waals surface area contributed by atoms with E-state index in [1.165, 1.54) is 0 Å². The summed E-state index contributed by atoms with van der Waals surface area (Å²) in [5, 5.41) is 21.1. The van der Waals surface area contributed by atoms with Gasteiger partial charge in [0.2, 0.25) is 0 Å². The normalized spacial score (nSPS) is 10.7. The van der Waals surface area contributed by atoms with Crippen LogP contribution in [-0.2, 0) is 18.0 Å². The first kappa shape index (κ1) is 19.0. The van der Waals surface area contributed by atoms with E-state index in [1.54, 1.807) is 0 Å². The number of nitro groups is 2. The molecule has 25 heavy (non-hydrogen) atoms. The van der Waals surface area contributed by atoms with Crippen molar-refractivity contribution in [2.75, 3.05) is 0 Å². The van der Waals surface area contributed by atoms with E-state index >= 15 is 0 Å². The predicted molar refractivity (Wildman–Crippen MR) is 84.6 cm³/mol. The Morgan fingerprint density at radius 1 is 0.840 bits per heavy atom. The van der Waals surface area contributed by atoms with Crippen molar-refractivity contribution in [1.82, 2.24) is 0 Å². The lowest BCUT2D eigenvalue weighted by atomic mass is 10.1. The Hall–Kier alpha value is -2.36. The summed E-state index contributed by atoms with van der Waals surface area (Å²) in [5.41, 5.74) is -1.18. The van der Waals surface area contributed by atoms with E-state index in [2.05, 4.69) is 0 Å². The van der Waals surface area contributed by atoms with Crippen LogP contribution < -0.4 is 0 Å². The summed E-state index contributed by atoms with van der Waals surface area (Å²) in [6.45, 7) is -0.877. The first-order chi connectivity index (χ1) is 11.7. The second kappa shape index (κ2) is 7.68. The molecule has 11 heteroatoms. The standard InChI is InChI=1S/C14H8Cl2F2N2O5/c15-9-3-13(19(21)22)7(1-11(9)17)5-25-6-8-2-12(18)10(16)4-14(8)20(23)24/h1-4H,5-6H2. The van der Waals surface area contributed by atoms with Crippen LogP contribution in [0.5, 0.6) is 0 Å². The minimum Gasteiger partial charge on any atom is -0.372 e. The van der Waals surface area contributed by atoms with E-state index in [0.717, 1.165) is 24.3 Å². The minimum atomic E-state index is -0.880. The zero-order valence-corrected chi connectivity index (χ0v) is 13.7. The van der Waals surface area contributed by atoms with Crippen molar-refractivity contribution >= 4 is 34.6 Å². The van der Waals surface area contributed by atoms with Crippen molar-refractivity contribution in [3.05, 3.63) is 77.3 Å². The molecule has 0 unspecified atom stereocenters. The van der Waals surface area contributed by atoms with Crippen molar-refractivity contribution in [1.29, 1.82) is 0 Å². The highest BCUT2D eigenvalue weighted by Gasteiger charge is 2.20. The summed E-state index contributed by atoms with van der Waals surface area (Å²) in [4.78, 5) is 20.4. The first-order valence-corrected chi connectivity index (χ1v) is 7.28. The Bertz CT molecular complexity index is 794. The van der Waals surface area contributed by atoms with Crippen LogP contribution in [0.3, 0.4) is 0 Å². The van der Waals surface area contributed by atoms with Gasteiger partial charge in [-0.05, 0) is 12.1 Å². The second-order valence-electron chi connectivity index (χ2n) is 4.80. The number of ether oxygens (including phenoxy) is 1. The van der Waals surface area contributed by atoms with Crippen LogP contribution in [0.25, 0.3) is 0 Å². The van der Waals surface area contributed by atoms with Crippen LogP contribution in [-0.4, -0.2) is 9.85 Å². The van der Waals surface area contributed by atoms with E-state index in [1.807, 2.05) is 0 Å². The van der Waals surface area contributed by atoms with E-state index in [-0.39, 0.29) is 11.1 Å². The monoisotopic (exact) mass is 392 g/mol. The fraction of sp³-hybridized carbons (Fsp3) is 0.143.